The number of fused-ring (bicyclic) bond motifs is 6. The molecule has 0 unspecified atom stereocenters. The molecule has 1 fully saturated rings. The molecule has 0 aliphatic carbocycles. The number of allylic oxidation sites excluding steroid dienone is 5. The normalized spacial score (nSPS) is 15.7. The van der Waals surface area contributed by atoms with Gasteiger partial charge in [0, 0.05) is 0 Å². The van der Waals surface area contributed by atoms with Crippen molar-refractivity contribution in [1.29, 1.82) is 0 Å². The standard InChI is InChI=1S/C48H41OPS2.Os/c1-6-17-35-30-49-31-36(35)27-41(34(5)50(37-19-11-8-12-20-37,38-21-13-9-14-22-38)39-23-15-10-16-24-39)46-29-45-43-26-33(4)32(3)25-42(43)44-28-40(18-7-2)51-47(44)48(45)52-46;/h7-29H,6,30-31H2,1-4H3;/q+1;/b18-7+,35-17?,36-27?,41-34?;. The Bertz CT molecular complexity index is 2560. The Labute approximate surface area is 331 Å². The second-order valence-electron chi connectivity index (χ2n) is 13.6. The quantitative estimate of drug-likeness (QED) is 0.138. The van der Waals surface area contributed by atoms with Gasteiger partial charge >= 0.3 is 334 Å². The van der Waals surface area contributed by atoms with E-state index >= 15 is 0 Å². The molecule has 1 saturated heterocycles. The van der Waals surface area contributed by atoms with E-state index < -0.39 is 7.26 Å². The molecule has 0 bridgehead atoms. The van der Waals surface area contributed by atoms with Crippen molar-refractivity contribution in [3.8, 4) is 4.37 Å². The van der Waals surface area contributed by atoms with Gasteiger partial charge in [0.25, 0.3) is 0 Å². The fraction of sp³-hybridized carbons (Fsp3) is 0.146. The Kier molecular flexibility index (Phi) is 10.5. The van der Waals surface area contributed by atoms with Gasteiger partial charge in [0.1, 0.15) is 0 Å². The van der Waals surface area contributed by atoms with Crippen molar-refractivity contribution in [2.75, 3.05) is 13.2 Å². The maximum absolute atomic E-state index is 6.17. The molecule has 263 valence electrons. The Morgan fingerprint density at radius 2 is 1.25 bits per heavy atom. The van der Waals surface area contributed by atoms with Crippen molar-refractivity contribution in [3.05, 3.63) is 171 Å². The van der Waals surface area contributed by atoms with Gasteiger partial charge in [-0.25, -0.2) is 0 Å². The Morgan fingerprint density at radius 3 is 1.77 bits per heavy atom. The zero-order valence-electron chi connectivity index (χ0n) is 30.4. The van der Waals surface area contributed by atoms with E-state index in [0.29, 0.717) is 13.2 Å². The van der Waals surface area contributed by atoms with Crippen LogP contribution in [-0.4, -0.2) is 13.2 Å². The van der Waals surface area contributed by atoms with Crippen LogP contribution in [0.2, 0.25) is 0 Å². The molecule has 2 aromatic heterocycles. The first-order valence-corrected chi connectivity index (χ1v) is 22.8. The molecule has 1 aliphatic heterocycles. The van der Waals surface area contributed by atoms with Gasteiger partial charge in [-0.15, -0.1) is 0 Å². The maximum atomic E-state index is 6.17. The van der Waals surface area contributed by atoms with Crippen molar-refractivity contribution >= 4 is 88.4 Å². The molecule has 5 aromatic carbocycles. The van der Waals surface area contributed by atoms with Crippen LogP contribution in [0.1, 0.15) is 41.1 Å². The van der Waals surface area contributed by atoms with E-state index in [0.717, 1.165) is 6.42 Å². The zero-order valence-corrected chi connectivity index (χ0v) is 35.5. The second-order valence-corrected chi connectivity index (χ2v) is 19.7. The van der Waals surface area contributed by atoms with Crippen molar-refractivity contribution in [2.24, 2.45) is 0 Å². The average molecular weight is 919 g/mol. The van der Waals surface area contributed by atoms with Gasteiger partial charge in [0.15, 0.2) is 0 Å². The van der Waals surface area contributed by atoms with E-state index in [2.05, 4.69) is 172 Å². The van der Waals surface area contributed by atoms with Crippen LogP contribution in [0, 0.1) is 18.2 Å². The molecule has 0 N–H and O–H groups in total. The van der Waals surface area contributed by atoms with Gasteiger partial charge in [-0.05, 0) is 0 Å². The van der Waals surface area contributed by atoms with Gasteiger partial charge in [-0.3, -0.25) is 0 Å². The van der Waals surface area contributed by atoms with Crippen LogP contribution in [0.4, 0.5) is 0 Å². The molecular weight excluding hydrogens is 878 g/mol. The van der Waals surface area contributed by atoms with E-state index in [-0.39, 0.29) is 0 Å². The topological polar surface area (TPSA) is 9.23 Å². The Balaban J connectivity index is 1.56. The first-order valence-electron chi connectivity index (χ1n) is 18.1. The third-order valence-corrected chi connectivity index (χ3v) is 18.1. The number of ether oxygens (including phenoxy) is 1. The van der Waals surface area contributed by atoms with Crippen LogP contribution in [0.5, 0.6) is 0 Å². The number of thiophene rings is 2. The van der Waals surface area contributed by atoms with Crippen molar-refractivity contribution in [3.63, 3.8) is 0 Å². The summed E-state index contributed by atoms with van der Waals surface area (Å²) in [4.78, 5) is 2.56. The monoisotopic (exact) mass is 920 g/mol. The van der Waals surface area contributed by atoms with Crippen LogP contribution in [-0.2, 0) is 22.7 Å². The number of aryl methyl sites for hydroxylation is 2. The Hall–Kier alpha value is -3.95. The van der Waals surface area contributed by atoms with Gasteiger partial charge in [-0.2, -0.15) is 0 Å². The molecule has 0 radical (unpaired) electrons. The van der Waals surface area contributed by atoms with E-state index in [9.17, 15) is 0 Å². The first kappa shape index (κ1) is 36.0. The van der Waals surface area contributed by atoms with Crippen LogP contribution in [0.3, 0.4) is 0 Å². The zero-order chi connectivity index (χ0) is 36.5. The average Bonchev–Trinajstić information content (AvgIpc) is 3.94. The Morgan fingerprint density at radius 1 is 0.717 bits per heavy atom. The summed E-state index contributed by atoms with van der Waals surface area (Å²) >= 11 is 5.70. The fourth-order valence-corrected chi connectivity index (χ4v) is 16.1. The SMILES string of the molecule is C/C=C/c1cc2c3cc(C)c(C)cc3c3cc(C(C=C4COCC4=CCC)=C([C]#[Os])[P+](c4ccccc4)(c4ccccc4)c4ccccc4)sc3c2s1. The fourth-order valence-electron chi connectivity index (χ4n) is 7.71. The summed E-state index contributed by atoms with van der Waals surface area (Å²) in [6.45, 7) is 10.1. The number of benzene rings is 5. The molecule has 0 amide bonds. The molecule has 53 heavy (non-hydrogen) atoms. The van der Waals surface area contributed by atoms with Crippen molar-refractivity contribution in [2.45, 2.75) is 34.1 Å². The van der Waals surface area contributed by atoms with Crippen LogP contribution in [0.15, 0.2) is 150 Å². The third-order valence-electron chi connectivity index (χ3n) is 10.3. The molecule has 1 nitrogen and oxygen atoms in total. The van der Waals surface area contributed by atoms with Crippen LogP contribution in [0.25, 0.3) is 42.6 Å². The first-order chi connectivity index (χ1) is 26.0. The van der Waals surface area contributed by atoms with Gasteiger partial charge in [-0.1, -0.05) is 0 Å². The molecule has 1 aliphatic rings. The van der Waals surface area contributed by atoms with E-state index in [1.54, 1.807) is 0 Å². The molecule has 0 saturated carbocycles. The second kappa shape index (κ2) is 15.4. The predicted octanol–water partition coefficient (Wildman–Crippen LogP) is 12.4. The predicted molar refractivity (Wildman–Crippen MR) is 232 cm³/mol. The molecule has 3 heterocycles. The summed E-state index contributed by atoms with van der Waals surface area (Å²) in [5, 5.41) is 10.6. The number of hydrogen-bond donors (Lipinski definition) is 0. The molecular formula is C48H41OOsPS2+. The minimum atomic E-state index is -2.46. The summed E-state index contributed by atoms with van der Waals surface area (Å²) in [7, 11) is -2.46. The molecule has 7 aromatic rings. The van der Waals surface area contributed by atoms with E-state index in [1.807, 2.05) is 40.6 Å². The van der Waals surface area contributed by atoms with Gasteiger partial charge < -0.3 is 0 Å². The van der Waals surface area contributed by atoms with Gasteiger partial charge in [0.05, 0.1) is 0 Å². The third kappa shape index (κ3) is 6.41. The summed E-state index contributed by atoms with van der Waals surface area (Å²) in [6.07, 6.45) is 10.2. The molecule has 0 atom stereocenters. The van der Waals surface area contributed by atoms with E-state index in [4.69, 9.17) is 4.74 Å². The summed E-state index contributed by atoms with van der Waals surface area (Å²) < 4.78 is 12.9. The van der Waals surface area contributed by atoms with Gasteiger partial charge in [0.2, 0.25) is 0 Å². The minimum absolute atomic E-state index is 0.607. The summed E-state index contributed by atoms with van der Waals surface area (Å²) in [6, 6.07) is 43.3. The van der Waals surface area contributed by atoms with Crippen LogP contribution < -0.4 is 15.9 Å². The molecule has 5 heteroatoms. The van der Waals surface area contributed by atoms with Crippen molar-refractivity contribution < 1.29 is 22.7 Å². The van der Waals surface area contributed by atoms with Crippen molar-refractivity contribution in [1.82, 2.24) is 0 Å². The number of hydrogen-bond acceptors (Lipinski definition) is 3. The van der Waals surface area contributed by atoms with E-state index in [1.165, 1.54) is 89.8 Å². The number of rotatable bonds is 8. The summed E-state index contributed by atoms with van der Waals surface area (Å²) in [5.74, 6) is 0. The van der Waals surface area contributed by atoms with Crippen LogP contribution >= 0.6 is 29.9 Å². The molecule has 8 rings (SSSR count). The summed E-state index contributed by atoms with van der Waals surface area (Å²) in [5.41, 5.74) is 6.44. The molecule has 0 spiro atoms.